The molecule has 1 saturated carbocycles. The molecule has 2 nitrogen and oxygen atoms in total. The van der Waals surface area contributed by atoms with Crippen molar-refractivity contribution in [3.63, 3.8) is 0 Å². The Balaban J connectivity index is 2.07. The molecule has 2 saturated heterocycles. The predicted octanol–water partition coefficient (Wildman–Crippen LogP) is 0.675. The number of hydrogen-bond donors (Lipinski definition) is 1. The molecule has 2 heterocycles. The van der Waals surface area contributed by atoms with Crippen molar-refractivity contribution in [3.8, 4) is 0 Å². The zero-order valence-corrected chi connectivity index (χ0v) is 7.29. The van der Waals surface area contributed by atoms with Crippen LogP contribution in [0.25, 0.3) is 0 Å². The Kier molecular flexibility index (Phi) is 1.90. The van der Waals surface area contributed by atoms with E-state index < -0.39 is 0 Å². The van der Waals surface area contributed by atoms with Crippen molar-refractivity contribution in [2.24, 2.45) is 17.6 Å². The third-order valence-electron chi connectivity index (χ3n) is 3.47. The maximum Gasteiger partial charge on any atom is 0.0133 e. The summed E-state index contributed by atoms with van der Waals surface area (Å²) in [4.78, 5) is 2.51. The van der Waals surface area contributed by atoms with E-state index in [1.165, 1.54) is 25.8 Å². The topological polar surface area (TPSA) is 29.3 Å². The summed E-state index contributed by atoms with van der Waals surface area (Å²) < 4.78 is 0. The molecule has 3 fully saturated rings. The van der Waals surface area contributed by atoms with Crippen molar-refractivity contribution in [1.82, 2.24) is 4.90 Å². The Morgan fingerprint density at radius 1 is 1.45 bits per heavy atom. The molecule has 0 amide bonds. The highest BCUT2D eigenvalue weighted by atomic mass is 15.2. The second-order valence-electron chi connectivity index (χ2n) is 4.18. The predicted molar refractivity (Wildman–Crippen MR) is 46.3 cm³/mol. The molecule has 0 spiro atoms. The first-order valence-corrected chi connectivity index (χ1v) is 4.71. The van der Waals surface area contributed by atoms with Gasteiger partial charge in [0.1, 0.15) is 0 Å². The molecule has 0 aromatic heterocycles. The lowest BCUT2D eigenvalue weighted by molar-refractivity contribution is 0.0239. The summed E-state index contributed by atoms with van der Waals surface area (Å²) in [5, 5.41) is 0. The molecular weight excluding hydrogens is 136 g/mol. The highest BCUT2D eigenvalue weighted by molar-refractivity contribution is 4.92. The van der Waals surface area contributed by atoms with E-state index in [0.717, 1.165) is 24.4 Å². The van der Waals surface area contributed by atoms with Crippen LogP contribution in [-0.2, 0) is 0 Å². The van der Waals surface area contributed by atoms with Crippen LogP contribution >= 0.6 is 0 Å². The first-order valence-electron chi connectivity index (χ1n) is 4.71. The van der Waals surface area contributed by atoms with E-state index in [2.05, 4.69) is 11.9 Å². The standard InChI is InChI=1S/C9H18N2/c1-11-6-7-2-3-9(11)8(4-7)5-10/h7-9H,2-6,10H2,1H3/t7-,8-,9-/m0/s1. The molecule has 64 valence electrons. The Morgan fingerprint density at radius 2 is 2.27 bits per heavy atom. The van der Waals surface area contributed by atoms with E-state index in [9.17, 15) is 0 Å². The summed E-state index contributed by atoms with van der Waals surface area (Å²) in [7, 11) is 2.25. The number of rotatable bonds is 1. The molecule has 1 aliphatic carbocycles. The molecule has 2 aliphatic heterocycles. The van der Waals surface area contributed by atoms with Crippen LogP contribution in [-0.4, -0.2) is 31.1 Å². The second kappa shape index (κ2) is 2.76. The monoisotopic (exact) mass is 154 g/mol. The first kappa shape index (κ1) is 7.56. The Bertz CT molecular complexity index is 146. The molecule has 2 heteroatoms. The van der Waals surface area contributed by atoms with Crippen molar-refractivity contribution >= 4 is 0 Å². The molecule has 0 aromatic carbocycles. The van der Waals surface area contributed by atoms with Crippen LogP contribution in [0.1, 0.15) is 19.3 Å². The largest absolute Gasteiger partial charge is 0.330 e. The van der Waals surface area contributed by atoms with Gasteiger partial charge in [0.05, 0.1) is 0 Å². The van der Waals surface area contributed by atoms with Crippen LogP contribution in [0.3, 0.4) is 0 Å². The van der Waals surface area contributed by atoms with Crippen LogP contribution in [0.5, 0.6) is 0 Å². The maximum atomic E-state index is 5.73. The van der Waals surface area contributed by atoms with Gasteiger partial charge in [0.15, 0.2) is 0 Å². The summed E-state index contributed by atoms with van der Waals surface area (Å²) in [6, 6.07) is 0.810. The number of fused-ring (bicyclic) bond motifs is 3. The van der Waals surface area contributed by atoms with E-state index in [-0.39, 0.29) is 0 Å². The van der Waals surface area contributed by atoms with E-state index >= 15 is 0 Å². The van der Waals surface area contributed by atoms with Crippen LogP contribution in [0.15, 0.2) is 0 Å². The van der Waals surface area contributed by atoms with Gasteiger partial charge < -0.3 is 10.6 Å². The van der Waals surface area contributed by atoms with E-state index in [1.807, 2.05) is 0 Å². The van der Waals surface area contributed by atoms with Crippen LogP contribution in [0.2, 0.25) is 0 Å². The highest BCUT2D eigenvalue weighted by Crippen LogP contribution is 2.37. The average molecular weight is 154 g/mol. The molecule has 2 N–H and O–H groups in total. The van der Waals surface area contributed by atoms with Gasteiger partial charge in [-0.3, -0.25) is 0 Å². The fourth-order valence-electron chi connectivity index (χ4n) is 2.89. The van der Waals surface area contributed by atoms with Crippen LogP contribution in [0, 0.1) is 11.8 Å². The molecule has 0 radical (unpaired) electrons. The number of hydrogen-bond acceptors (Lipinski definition) is 2. The summed E-state index contributed by atoms with van der Waals surface area (Å²) in [6.07, 6.45) is 4.24. The summed E-state index contributed by atoms with van der Waals surface area (Å²) in [6.45, 7) is 2.21. The Morgan fingerprint density at radius 3 is 2.73 bits per heavy atom. The zero-order valence-electron chi connectivity index (χ0n) is 7.29. The summed E-state index contributed by atoms with van der Waals surface area (Å²) >= 11 is 0. The van der Waals surface area contributed by atoms with Gasteiger partial charge in [0, 0.05) is 12.6 Å². The SMILES string of the molecule is CN1C[C@H]2CC[C@H]1[C@H](CN)C2. The van der Waals surface area contributed by atoms with Gasteiger partial charge in [0.2, 0.25) is 0 Å². The minimum atomic E-state index is 0.799. The molecule has 3 atom stereocenters. The zero-order chi connectivity index (χ0) is 7.84. The lowest BCUT2D eigenvalue weighted by Gasteiger charge is -2.48. The lowest BCUT2D eigenvalue weighted by Crippen LogP contribution is -2.52. The van der Waals surface area contributed by atoms with Crippen molar-refractivity contribution in [2.75, 3.05) is 20.1 Å². The van der Waals surface area contributed by atoms with E-state index in [0.29, 0.717) is 0 Å². The molecule has 0 unspecified atom stereocenters. The van der Waals surface area contributed by atoms with Gasteiger partial charge in [-0.2, -0.15) is 0 Å². The minimum absolute atomic E-state index is 0.799. The number of piperidine rings is 2. The van der Waals surface area contributed by atoms with Gasteiger partial charge in [-0.25, -0.2) is 0 Å². The minimum Gasteiger partial charge on any atom is -0.330 e. The van der Waals surface area contributed by atoms with Crippen LogP contribution in [0.4, 0.5) is 0 Å². The summed E-state index contributed by atoms with van der Waals surface area (Å²) in [5.41, 5.74) is 5.73. The molecule has 3 rings (SSSR count). The quantitative estimate of drug-likeness (QED) is 0.601. The smallest absolute Gasteiger partial charge is 0.0133 e. The lowest BCUT2D eigenvalue weighted by atomic mass is 9.73. The molecule has 3 aliphatic rings. The average Bonchev–Trinajstić information content (AvgIpc) is 2.04. The third kappa shape index (κ3) is 1.18. The summed E-state index contributed by atoms with van der Waals surface area (Å²) in [5.74, 6) is 1.76. The maximum absolute atomic E-state index is 5.73. The molecule has 0 aromatic rings. The Labute approximate surface area is 68.7 Å². The van der Waals surface area contributed by atoms with Gasteiger partial charge in [-0.15, -0.1) is 0 Å². The van der Waals surface area contributed by atoms with Gasteiger partial charge in [0.25, 0.3) is 0 Å². The van der Waals surface area contributed by atoms with Crippen molar-refractivity contribution in [1.29, 1.82) is 0 Å². The number of nitrogens with two attached hydrogens (primary N) is 1. The molecule has 11 heavy (non-hydrogen) atoms. The van der Waals surface area contributed by atoms with Gasteiger partial charge in [-0.05, 0) is 44.7 Å². The van der Waals surface area contributed by atoms with Gasteiger partial charge >= 0.3 is 0 Å². The van der Waals surface area contributed by atoms with E-state index in [1.54, 1.807) is 0 Å². The fourth-order valence-corrected chi connectivity index (χ4v) is 2.89. The third-order valence-corrected chi connectivity index (χ3v) is 3.47. The van der Waals surface area contributed by atoms with Crippen molar-refractivity contribution in [2.45, 2.75) is 25.3 Å². The first-order chi connectivity index (χ1) is 5.31. The van der Waals surface area contributed by atoms with Crippen molar-refractivity contribution < 1.29 is 0 Å². The van der Waals surface area contributed by atoms with Crippen molar-refractivity contribution in [3.05, 3.63) is 0 Å². The normalized spacial score (nSPS) is 44.7. The second-order valence-corrected chi connectivity index (χ2v) is 4.18. The van der Waals surface area contributed by atoms with Crippen LogP contribution < -0.4 is 5.73 Å². The highest BCUT2D eigenvalue weighted by Gasteiger charge is 2.37. The van der Waals surface area contributed by atoms with Gasteiger partial charge in [-0.1, -0.05) is 0 Å². The Hall–Kier alpha value is -0.0800. The van der Waals surface area contributed by atoms with E-state index in [4.69, 9.17) is 5.73 Å². The molecular formula is C9H18N2. The molecule has 2 bridgehead atoms. The fraction of sp³-hybridized carbons (Fsp3) is 1.00. The number of nitrogens with zero attached hydrogens (tertiary/aromatic N) is 1.